The fourth-order valence-corrected chi connectivity index (χ4v) is 6.69. The highest BCUT2D eigenvalue weighted by atomic mass is 35.5. The third-order valence-corrected chi connectivity index (χ3v) is 8.82. The molecule has 136 valence electrons. The minimum absolute atomic E-state index is 0. The van der Waals surface area contributed by atoms with Crippen molar-refractivity contribution in [1.82, 2.24) is 9.21 Å². The average molecular weight is 393 g/mol. The van der Waals surface area contributed by atoms with Crippen LogP contribution in [0.1, 0.15) is 24.6 Å². The molecule has 0 bridgehead atoms. The van der Waals surface area contributed by atoms with Crippen molar-refractivity contribution in [2.45, 2.75) is 42.5 Å². The molecular formula is C16H25ClN2O3S2. The molecule has 0 spiro atoms. The standard InChI is InChI=1S/C16H24N2O3S2.ClH/c1-2-14-5-6-16(22-14)23(19,20)17-7-8-18-13(9-17)10-21-11-15(18)12-3-4-12;/h5-6,12-13,15H,2-4,7-11H2,1H3;1H/t13-,15-;/m1./s1. The molecule has 2 aliphatic heterocycles. The summed E-state index contributed by atoms with van der Waals surface area (Å²) in [6.45, 7) is 5.52. The lowest BCUT2D eigenvalue weighted by Crippen LogP contribution is -2.63. The van der Waals surface area contributed by atoms with Gasteiger partial charge in [0.15, 0.2) is 0 Å². The number of hydrogen-bond acceptors (Lipinski definition) is 5. The van der Waals surface area contributed by atoms with E-state index in [1.54, 1.807) is 10.4 Å². The molecule has 8 heteroatoms. The van der Waals surface area contributed by atoms with Gasteiger partial charge in [-0.15, -0.1) is 23.7 Å². The van der Waals surface area contributed by atoms with Crippen LogP contribution in [-0.2, 0) is 21.2 Å². The van der Waals surface area contributed by atoms with Crippen LogP contribution in [0.25, 0.3) is 0 Å². The molecular weight excluding hydrogens is 368 g/mol. The fourth-order valence-electron chi connectivity index (χ4n) is 3.77. The lowest BCUT2D eigenvalue weighted by atomic mass is 10.0. The van der Waals surface area contributed by atoms with Crippen LogP contribution in [-0.4, -0.2) is 62.6 Å². The third-order valence-electron chi connectivity index (χ3n) is 5.26. The van der Waals surface area contributed by atoms with E-state index in [4.69, 9.17) is 4.74 Å². The summed E-state index contributed by atoms with van der Waals surface area (Å²) in [6.07, 6.45) is 3.48. The number of halogens is 1. The van der Waals surface area contributed by atoms with Crippen molar-refractivity contribution >= 4 is 33.8 Å². The zero-order valence-corrected chi connectivity index (χ0v) is 16.3. The van der Waals surface area contributed by atoms with Gasteiger partial charge in [0.05, 0.1) is 13.2 Å². The third kappa shape index (κ3) is 3.39. The molecule has 1 aromatic rings. The largest absolute Gasteiger partial charge is 0.378 e. The molecule has 0 radical (unpaired) electrons. The molecule has 1 saturated carbocycles. The molecule has 0 amide bonds. The quantitative estimate of drug-likeness (QED) is 0.788. The van der Waals surface area contributed by atoms with E-state index in [0.717, 1.165) is 30.4 Å². The molecule has 0 aromatic carbocycles. The Bertz CT molecular complexity index is 675. The van der Waals surface area contributed by atoms with E-state index in [1.165, 1.54) is 24.2 Å². The Kier molecular flexibility index (Phi) is 5.59. The number of fused-ring (bicyclic) bond motifs is 1. The molecule has 2 saturated heterocycles. The van der Waals surface area contributed by atoms with E-state index in [-0.39, 0.29) is 18.4 Å². The minimum atomic E-state index is -3.35. The molecule has 0 N–H and O–H groups in total. The van der Waals surface area contributed by atoms with Crippen LogP contribution in [0.15, 0.2) is 16.3 Å². The molecule has 5 nitrogen and oxygen atoms in total. The summed E-state index contributed by atoms with van der Waals surface area (Å²) in [7, 11) is -3.35. The molecule has 2 atom stereocenters. The number of ether oxygens (including phenoxy) is 1. The average Bonchev–Trinajstić information content (AvgIpc) is 3.29. The van der Waals surface area contributed by atoms with Gasteiger partial charge in [-0.25, -0.2) is 8.42 Å². The first-order chi connectivity index (χ1) is 11.1. The maximum atomic E-state index is 12.9. The SMILES string of the molecule is CCc1ccc(S(=O)(=O)N2CCN3[C@@H](COC[C@@H]3C3CC3)C2)s1.Cl. The van der Waals surface area contributed by atoms with Crippen molar-refractivity contribution < 1.29 is 13.2 Å². The van der Waals surface area contributed by atoms with Gasteiger partial charge in [0.1, 0.15) is 4.21 Å². The van der Waals surface area contributed by atoms with Gasteiger partial charge in [0, 0.05) is 36.6 Å². The molecule has 4 rings (SSSR count). The highest BCUT2D eigenvalue weighted by molar-refractivity contribution is 7.91. The van der Waals surface area contributed by atoms with Gasteiger partial charge in [0.2, 0.25) is 0 Å². The van der Waals surface area contributed by atoms with Crippen LogP contribution in [0.3, 0.4) is 0 Å². The summed E-state index contributed by atoms with van der Waals surface area (Å²) >= 11 is 1.40. The van der Waals surface area contributed by atoms with E-state index in [2.05, 4.69) is 11.8 Å². The van der Waals surface area contributed by atoms with Crippen LogP contribution in [0.2, 0.25) is 0 Å². The second-order valence-electron chi connectivity index (χ2n) is 6.77. The molecule has 1 aliphatic carbocycles. The predicted octanol–water partition coefficient (Wildman–Crippen LogP) is 2.22. The second kappa shape index (κ2) is 7.21. The molecule has 0 unspecified atom stereocenters. The summed E-state index contributed by atoms with van der Waals surface area (Å²) in [5.74, 6) is 0.769. The van der Waals surface area contributed by atoms with Crippen LogP contribution in [0, 0.1) is 5.92 Å². The second-order valence-corrected chi connectivity index (χ2v) is 10.1. The van der Waals surface area contributed by atoms with Gasteiger partial charge in [-0.3, -0.25) is 4.90 Å². The Morgan fingerprint density at radius 3 is 2.71 bits per heavy atom. The number of hydrogen-bond donors (Lipinski definition) is 0. The maximum absolute atomic E-state index is 12.9. The Balaban J connectivity index is 0.00000169. The summed E-state index contributed by atoms with van der Waals surface area (Å²) in [5.41, 5.74) is 0. The van der Waals surface area contributed by atoms with E-state index >= 15 is 0 Å². The van der Waals surface area contributed by atoms with Gasteiger partial charge in [-0.05, 0) is 37.3 Å². The molecule has 3 heterocycles. The predicted molar refractivity (Wildman–Crippen MR) is 97.5 cm³/mol. The first kappa shape index (κ1) is 18.6. The Labute approximate surface area is 154 Å². The Morgan fingerprint density at radius 1 is 1.25 bits per heavy atom. The van der Waals surface area contributed by atoms with Gasteiger partial charge in [0.25, 0.3) is 10.0 Å². The number of morpholine rings is 1. The number of sulfonamides is 1. The number of rotatable bonds is 4. The van der Waals surface area contributed by atoms with Crippen molar-refractivity contribution in [3.05, 3.63) is 17.0 Å². The minimum Gasteiger partial charge on any atom is -0.378 e. The summed E-state index contributed by atoms with van der Waals surface area (Å²) in [5, 5.41) is 0. The first-order valence-electron chi connectivity index (χ1n) is 8.52. The smallest absolute Gasteiger partial charge is 0.252 e. The highest BCUT2D eigenvalue weighted by Gasteiger charge is 2.44. The number of thiophene rings is 1. The van der Waals surface area contributed by atoms with Crippen LogP contribution >= 0.6 is 23.7 Å². The summed E-state index contributed by atoms with van der Waals surface area (Å²) < 4.78 is 33.7. The van der Waals surface area contributed by atoms with E-state index in [9.17, 15) is 8.42 Å². The monoisotopic (exact) mass is 392 g/mol. The Hall–Kier alpha value is -0.180. The van der Waals surface area contributed by atoms with Crippen LogP contribution in [0.5, 0.6) is 0 Å². The van der Waals surface area contributed by atoms with E-state index < -0.39 is 10.0 Å². The number of piperazine rings is 1. The zero-order chi connectivity index (χ0) is 16.0. The number of aryl methyl sites for hydroxylation is 1. The van der Waals surface area contributed by atoms with E-state index in [0.29, 0.717) is 29.9 Å². The lowest BCUT2D eigenvalue weighted by molar-refractivity contribution is -0.0758. The molecule has 1 aromatic heterocycles. The normalized spacial score (nSPS) is 29.0. The van der Waals surface area contributed by atoms with Gasteiger partial charge in [-0.1, -0.05) is 6.92 Å². The van der Waals surface area contributed by atoms with Crippen molar-refractivity contribution in [2.75, 3.05) is 32.8 Å². The van der Waals surface area contributed by atoms with Gasteiger partial charge < -0.3 is 4.74 Å². The number of nitrogens with zero attached hydrogens (tertiary/aromatic N) is 2. The van der Waals surface area contributed by atoms with Crippen LogP contribution < -0.4 is 0 Å². The molecule has 3 aliphatic rings. The summed E-state index contributed by atoms with van der Waals surface area (Å²) in [6, 6.07) is 4.41. The first-order valence-corrected chi connectivity index (χ1v) is 10.8. The van der Waals surface area contributed by atoms with Gasteiger partial charge in [-0.2, -0.15) is 4.31 Å². The fraction of sp³-hybridized carbons (Fsp3) is 0.750. The van der Waals surface area contributed by atoms with Crippen molar-refractivity contribution in [3.8, 4) is 0 Å². The van der Waals surface area contributed by atoms with E-state index in [1.807, 2.05) is 6.07 Å². The molecule has 24 heavy (non-hydrogen) atoms. The van der Waals surface area contributed by atoms with Gasteiger partial charge >= 0.3 is 0 Å². The molecule has 3 fully saturated rings. The van der Waals surface area contributed by atoms with Crippen LogP contribution in [0.4, 0.5) is 0 Å². The Morgan fingerprint density at radius 2 is 2.04 bits per heavy atom. The maximum Gasteiger partial charge on any atom is 0.252 e. The van der Waals surface area contributed by atoms with Crippen molar-refractivity contribution in [2.24, 2.45) is 5.92 Å². The van der Waals surface area contributed by atoms with Crippen molar-refractivity contribution in [3.63, 3.8) is 0 Å². The zero-order valence-electron chi connectivity index (χ0n) is 13.9. The topological polar surface area (TPSA) is 49.9 Å². The lowest BCUT2D eigenvalue weighted by Gasteiger charge is -2.47. The summed E-state index contributed by atoms with van der Waals surface area (Å²) in [4.78, 5) is 3.64. The van der Waals surface area contributed by atoms with Crippen molar-refractivity contribution in [1.29, 1.82) is 0 Å². The highest BCUT2D eigenvalue weighted by Crippen LogP contribution is 2.39.